The van der Waals surface area contributed by atoms with Crippen molar-refractivity contribution in [2.24, 2.45) is 0 Å². The Hall–Kier alpha value is -3.23. The molecule has 1 amide bonds. The summed E-state index contributed by atoms with van der Waals surface area (Å²) in [5.41, 5.74) is 1.71. The molecule has 8 heteroatoms. The standard InChI is InChI=1S/C26H28N2O5S/c1-2-3-12-23(26(30)31)27-25(29)24-16-20-10-6-7-11-21(20)17-28(24)34(32,33)22-14-13-18-8-4-5-9-19(18)15-22/h4-11,13-15,23-24H,2-3,12,16-17H2,1H3,(H,27,29)(H,30,31)/t23?,24-/m0/s1. The minimum Gasteiger partial charge on any atom is -0.480 e. The number of benzene rings is 3. The third-order valence-electron chi connectivity index (χ3n) is 6.30. The van der Waals surface area contributed by atoms with Gasteiger partial charge in [0.15, 0.2) is 0 Å². The monoisotopic (exact) mass is 480 g/mol. The summed E-state index contributed by atoms with van der Waals surface area (Å²) in [6.45, 7) is 1.98. The maximum atomic E-state index is 13.8. The van der Waals surface area contributed by atoms with Gasteiger partial charge in [-0.05, 0) is 46.9 Å². The molecule has 2 atom stereocenters. The maximum absolute atomic E-state index is 13.8. The number of hydrogen-bond acceptors (Lipinski definition) is 4. The second kappa shape index (κ2) is 9.95. The fourth-order valence-corrected chi connectivity index (χ4v) is 5.97. The first kappa shape index (κ1) is 23.9. The van der Waals surface area contributed by atoms with Gasteiger partial charge in [0, 0.05) is 6.54 Å². The topological polar surface area (TPSA) is 104 Å². The zero-order valence-corrected chi connectivity index (χ0v) is 19.8. The second-order valence-corrected chi connectivity index (χ2v) is 10.5. The van der Waals surface area contributed by atoms with Crippen LogP contribution in [0, 0.1) is 0 Å². The van der Waals surface area contributed by atoms with Gasteiger partial charge in [0.1, 0.15) is 12.1 Å². The van der Waals surface area contributed by atoms with E-state index in [1.807, 2.05) is 55.5 Å². The van der Waals surface area contributed by atoms with E-state index in [1.165, 1.54) is 4.31 Å². The van der Waals surface area contributed by atoms with Crippen LogP contribution in [0.1, 0.15) is 37.3 Å². The van der Waals surface area contributed by atoms with E-state index in [1.54, 1.807) is 18.2 Å². The first-order valence-electron chi connectivity index (χ1n) is 11.4. The molecule has 34 heavy (non-hydrogen) atoms. The molecule has 7 nitrogen and oxygen atoms in total. The molecule has 1 aliphatic rings. The van der Waals surface area contributed by atoms with Crippen molar-refractivity contribution in [1.29, 1.82) is 0 Å². The third-order valence-corrected chi connectivity index (χ3v) is 8.15. The van der Waals surface area contributed by atoms with Gasteiger partial charge in [-0.15, -0.1) is 0 Å². The normalized spacial score (nSPS) is 17.1. The van der Waals surface area contributed by atoms with Gasteiger partial charge in [-0.3, -0.25) is 4.79 Å². The summed E-state index contributed by atoms with van der Waals surface area (Å²) in [5.74, 6) is -1.72. The van der Waals surface area contributed by atoms with E-state index in [0.29, 0.717) is 6.42 Å². The molecule has 0 saturated carbocycles. The van der Waals surface area contributed by atoms with Crippen LogP contribution in [0.4, 0.5) is 0 Å². The van der Waals surface area contributed by atoms with Crippen LogP contribution in [0.25, 0.3) is 10.8 Å². The van der Waals surface area contributed by atoms with Gasteiger partial charge >= 0.3 is 5.97 Å². The number of carbonyl (C=O) groups is 2. The molecular weight excluding hydrogens is 452 g/mol. The van der Waals surface area contributed by atoms with E-state index in [9.17, 15) is 23.1 Å². The molecule has 0 spiro atoms. The Balaban J connectivity index is 1.71. The molecule has 0 aliphatic carbocycles. The Labute approximate surface area is 199 Å². The molecule has 3 aromatic rings. The molecule has 178 valence electrons. The average Bonchev–Trinajstić information content (AvgIpc) is 2.85. The highest BCUT2D eigenvalue weighted by Crippen LogP contribution is 2.30. The number of nitrogens with zero attached hydrogens (tertiary/aromatic N) is 1. The van der Waals surface area contributed by atoms with Crippen molar-refractivity contribution in [2.45, 2.75) is 56.1 Å². The maximum Gasteiger partial charge on any atom is 0.326 e. The first-order valence-corrected chi connectivity index (χ1v) is 12.9. The number of amides is 1. The lowest BCUT2D eigenvalue weighted by molar-refractivity contribution is -0.142. The van der Waals surface area contributed by atoms with Crippen LogP contribution in [0.3, 0.4) is 0 Å². The summed E-state index contributed by atoms with van der Waals surface area (Å²) in [4.78, 5) is 25.1. The van der Waals surface area contributed by atoms with E-state index in [2.05, 4.69) is 5.32 Å². The van der Waals surface area contributed by atoms with Crippen LogP contribution in [0.5, 0.6) is 0 Å². The van der Waals surface area contributed by atoms with E-state index in [-0.39, 0.29) is 24.3 Å². The van der Waals surface area contributed by atoms with Crippen molar-refractivity contribution in [3.8, 4) is 0 Å². The number of aliphatic carboxylic acids is 1. The number of unbranched alkanes of at least 4 members (excludes halogenated alkanes) is 1. The van der Waals surface area contributed by atoms with Crippen molar-refractivity contribution in [2.75, 3.05) is 0 Å². The lowest BCUT2D eigenvalue weighted by atomic mass is 9.95. The summed E-state index contributed by atoms with van der Waals surface area (Å²) in [7, 11) is -4.04. The van der Waals surface area contributed by atoms with Crippen molar-refractivity contribution in [3.63, 3.8) is 0 Å². The Morgan fingerprint density at radius 3 is 2.41 bits per heavy atom. The van der Waals surface area contributed by atoms with Crippen LogP contribution in [-0.4, -0.2) is 41.8 Å². The number of hydrogen-bond donors (Lipinski definition) is 2. The fraction of sp³-hybridized carbons (Fsp3) is 0.308. The largest absolute Gasteiger partial charge is 0.480 e. The Morgan fingerprint density at radius 1 is 1.03 bits per heavy atom. The molecule has 2 N–H and O–H groups in total. The van der Waals surface area contributed by atoms with Crippen molar-refractivity contribution in [3.05, 3.63) is 77.9 Å². The van der Waals surface area contributed by atoms with Crippen LogP contribution in [0.15, 0.2) is 71.6 Å². The zero-order chi connectivity index (χ0) is 24.3. The third kappa shape index (κ3) is 4.83. The molecular formula is C26H28N2O5S. The van der Waals surface area contributed by atoms with Gasteiger partial charge < -0.3 is 10.4 Å². The van der Waals surface area contributed by atoms with E-state index in [0.717, 1.165) is 28.3 Å². The van der Waals surface area contributed by atoms with Gasteiger partial charge in [-0.2, -0.15) is 4.31 Å². The number of carboxylic acid groups (broad SMARTS) is 1. The average molecular weight is 481 g/mol. The number of carboxylic acids is 1. The fourth-order valence-electron chi connectivity index (χ4n) is 4.37. The van der Waals surface area contributed by atoms with E-state index < -0.39 is 34.0 Å². The Morgan fingerprint density at radius 2 is 1.71 bits per heavy atom. The highest BCUT2D eigenvalue weighted by Gasteiger charge is 2.40. The number of fused-ring (bicyclic) bond motifs is 2. The lowest BCUT2D eigenvalue weighted by Gasteiger charge is -2.35. The summed E-state index contributed by atoms with van der Waals surface area (Å²) < 4.78 is 28.8. The van der Waals surface area contributed by atoms with E-state index >= 15 is 0 Å². The number of nitrogens with one attached hydrogen (secondary N) is 1. The van der Waals surface area contributed by atoms with Crippen LogP contribution >= 0.6 is 0 Å². The Bertz CT molecular complexity index is 1320. The summed E-state index contributed by atoms with van der Waals surface area (Å²) in [6.07, 6.45) is 1.90. The number of carbonyl (C=O) groups excluding carboxylic acids is 1. The lowest BCUT2D eigenvalue weighted by Crippen LogP contribution is -2.55. The Kier molecular flexibility index (Phi) is 7.00. The van der Waals surface area contributed by atoms with Crippen molar-refractivity contribution >= 4 is 32.7 Å². The molecule has 0 saturated heterocycles. The predicted molar refractivity (Wildman–Crippen MR) is 130 cm³/mol. The molecule has 3 aromatic carbocycles. The summed E-state index contributed by atoms with van der Waals surface area (Å²) >= 11 is 0. The smallest absolute Gasteiger partial charge is 0.326 e. The first-order chi connectivity index (χ1) is 16.3. The second-order valence-electron chi connectivity index (χ2n) is 8.59. The van der Waals surface area contributed by atoms with Gasteiger partial charge in [0.2, 0.25) is 15.9 Å². The molecule has 0 aromatic heterocycles. The van der Waals surface area contributed by atoms with Crippen molar-refractivity contribution in [1.82, 2.24) is 9.62 Å². The summed E-state index contributed by atoms with van der Waals surface area (Å²) in [5, 5.41) is 13.9. The minimum absolute atomic E-state index is 0.0378. The molecule has 1 heterocycles. The van der Waals surface area contributed by atoms with Crippen LogP contribution < -0.4 is 5.32 Å². The molecule has 4 rings (SSSR count). The van der Waals surface area contributed by atoms with Crippen LogP contribution in [-0.2, 0) is 32.6 Å². The molecule has 1 unspecified atom stereocenters. The minimum atomic E-state index is -4.04. The quantitative estimate of drug-likeness (QED) is 0.512. The van der Waals surface area contributed by atoms with Gasteiger partial charge in [0.05, 0.1) is 4.90 Å². The molecule has 0 bridgehead atoms. The van der Waals surface area contributed by atoms with Crippen molar-refractivity contribution < 1.29 is 23.1 Å². The van der Waals surface area contributed by atoms with E-state index in [4.69, 9.17) is 0 Å². The van der Waals surface area contributed by atoms with Gasteiger partial charge in [-0.1, -0.05) is 74.4 Å². The molecule has 1 aliphatic heterocycles. The molecule has 0 fully saturated rings. The van der Waals surface area contributed by atoms with Crippen LogP contribution in [0.2, 0.25) is 0 Å². The van der Waals surface area contributed by atoms with Gasteiger partial charge in [-0.25, -0.2) is 13.2 Å². The SMILES string of the molecule is CCCCC(NC(=O)[C@@H]1Cc2ccccc2CN1S(=O)(=O)c1ccc2ccccc2c1)C(=O)O. The number of rotatable bonds is 8. The number of sulfonamides is 1. The highest BCUT2D eigenvalue weighted by atomic mass is 32.2. The summed E-state index contributed by atoms with van der Waals surface area (Å²) in [6, 6.07) is 17.7. The van der Waals surface area contributed by atoms with Gasteiger partial charge in [0.25, 0.3) is 0 Å². The predicted octanol–water partition coefficient (Wildman–Crippen LogP) is 3.72. The molecule has 0 radical (unpaired) electrons. The highest BCUT2D eigenvalue weighted by molar-refractivity contribution is 7.89. The zero-order valence-electron chi connectivity index (χ0n) is 19.0.